The maximum atomic E-state index is 13.3. The summed E-state index contributed by atoms with van der Waals surface area (Å²) in [6.45, 7) is 0.132. The van der Waals surface area contributed by atoms with Gasteiger partial charge in [-0.2, -0.15) is 5.01 Å². The van der Waals surface area contributed by atoms with Gasteiger partial charge in [0.05, 0.1) is 18.4 Å². The number of benzene rings is 2. The predicted octanol–water partition coefficient (Wildman–Crippen LogP) is 3.85. The van der Waals surface area contributed by atoms with Gasteiger partial charge in [0.2, 0.25) is 0 Å². The number of hydrogen-bond donors (Lipinski definition) is 0. The van der Waals surface area contributed by atoms with Crippen molar-refractivity contribution in [1.82, 2.24) is 10.0 Å². The second-order valence-corrected chi connectivity index (χ2v) is 7.44. The SMILES string of the molecule is O=C(c1ccc(Cl)cc1)N(Cc1ccccc1)N1C(=O)[C@@H]2CC=CC[C@H]2C1=O. The Morgan fingerprint density at radius 2 is 1.50 bits per heavy atom. The van der Waals surface area contributed by atoms with Crippen molar-refractivity contribution in [3.8, 4) is 0 Å². The van der Waals surface area contributed by atoms with Crippen LogP contribution in [0.3, 0.4) is 0 Å². The molecule has 1 aliphatic heterocycles. The van der Waals surface area contributed by atoms with Crippen molar-refractivity contribution < 1.29 is 14.4 Å². The number of halogens is 1. The molecule has 0 radical (unpaired) electrons. The van der Waals surface area contributed by atoms with Gasteiger partial charge in [0, 0.05) is 10.6 Å². The minimum absolute atomic E-state index is 0.132. The van der Waals surface area contributed by atoms with E-state index in [1.807, 2.05) is 42.5 Å². The lowest BCUT2D eigenvalue weighted by Crippen LogP contribution is -2.49. The van der Waals surface area contributed by atoms with Crippen molar-refractivity contribution in [2.45, 2.75) is 19.4 Å². The summed E-state index contributed by atoms with van der Waals surface area (Å²) in [7, 11) is 0. The van der Waals surface area contributed by atoms with Gasteiger partial charge in [-0.05, 0) is 42.7 Å². The summed E-state index contributed by atoms with van der Waals surface area (Å²) < 4.78 is 0. The molecule has 1 aliphatic carbocycles. The summed E-state index contributed by atoms with van der Waals surface area (Å²) in [5.74, 6) is -1.81. The lowest BCUT2D eigenvalue weighted by molar-refractivity contribution is -0.155. The molecule has 2 aliphatic rings. The number of carbonyl (C=O) groups is 3. The molecular weight excluding hydrogens is 376 g/mol. The van der Waals surface area contributed by atoms with Crippen molar-refractivity contribution >= 4 is 29.3 Å². The smallest absolute Gasteiger partial charge is 0.272 e. The Morgan fingerprint density at radius 3 is 2.07 bits per heavy atom. The molecule has 0 unspecified atom stereocenters. The third-order valence-electron chi connectivity index (χ3n) is 5.23. The van der Waals surface area contributed by atoms with Crippen molar-refractivity contribution in [3.05, 3.63) is 82.9 Å². The Bertz CT molecular complexity index is 914. The largest absolute Gasteiger partial charge is 0.273 e. The first-order valence-corrected chi connectivity index (χ1v) is 9.58. The van der Waals surface area contributed by atoms with Gasteiger partial charge in [-0.25, -0.2) is 5.01 Å². The maximum absolute atomic E-state index is 13.3. The first kappa shape index (κ1) is 18.4. The number of carbonyl (C=O) groups excluding carboxylic acids is 3. The highest BCUT2D eigenvalue weighted by atomic mass is 35.5. The number of hydrogen-bond acceptors (Lipinski definition) is 3. The number of rotatable bonds is 4. The summed E-state index contributed by atoms with van der Waals surface area (Å²) in [4.78, 5) is 39.3. The highest BCUT2D eigenvalue weighted by Gasteiger charge is 2.50. The van der Waals surface area contributed by atoms with Gasteiger partial charge >= 0.3 is 0 Å². The molecule has 1 fully saturated rings. The zero-order valence-electron chi connectivity index (χ0n) is 15.1. The van der Waals surface area contributed by atoms with Crippen LogP contribution in [0.1, 0.15) is 28.8 Å². The van der Waals surface area contributed by atoms with Crippen molar-refractivity contribution in [1.29, 1.82) is 0 Å². The van der Waals surface area contributed by atoms with Crippen molar-refractivity contribution in [2.75, 3.05) is 0 Å². The van der Waals surface area contributed by atoms with Gasteiger partial charge in [-0.1, -0.05) is 54.1 Å². The number of hydrazine groups is 1. The summed E-state index contributed by atoms with van der Waals surface area (Å²) >= 11 is 5.93. The number of nitrogens with zero attached hydrogens (tertiary/aromatic N) is 2. The molecule has 3 amide bonds. The number of fused-ring (bicyclic) bond motifs is 1. The van der Waals surface area contributed by atoms with E-state index in [0.717, 1.165) is 10.6 Å². The second-order valence-electron chi connectivity index (χ2n) is 7.00. The maximum Gasteiger partial charge on any atom is 0.273 e. The minimum atomic E-state index is -0.408. The fourth-order valence-corrected chi connectivity index (χ4v) is 3.88. The van der Waals surface area contributed by atoms with Gasteiger partial charge in [0.1, 0.15) is 0 Å². The van der Waals surface area contributed by atoms with Crippen LogP contribution in [0.5, 0.6) is 0 Å². The molecular formula is C22H19ClN2O3. The Balaban J connectivity index is 1.70. The molecule has 0 spiro atoms. The zero-order valence-corrected chi connectivity index (χ0v) is 15.9. The van der Waals surface area contributed by atoms with E-state index in [2.05, 4.69) is 0 Å². The van der Waals surface area contributed by atoms with E-state index in [1.54, 1.807) is 24.3 Å². The van der Waals surface area contributed by atoms with Gasteiger partial charge in [0.15, 0.2) is 0 Å². The molecule has 4 rings (SSSR count). The average Bonchev–Trinajstić information content (AvgIpc) is 2.98. The Morgan fingerprint density at radius 1 is 0.929 bits per heavy atom. The van der Waals surface area contributed by atoms with Crippen LogP contribution >= 0.6 is 11.6 Å². The van der Waals surface area contributed by atoms with Gasteiger partial charge < -0.3 is 0 Å². The van der Waals surface area contributed by atoms with Gasteiger partial charge in [-0.3, -0.25) is 14.4 Å². The Labute approximate surface area is 168 Å². The number of amides is 3. The molecule has 6 heteroatoms. The second kappa shape index (κ2) is 7.60. The summed E-state index contributed by atoms with van der Waals surface area (Å²) in [6, 6.07) is 15.8. The molecule has 5 nitrogen and oxygen atoms in total. The molecule has 2 aromatic rings. The van der Waals surface area contributed by atoms with Crippen LogP contribution in [0.2, 0.25) is 5.02 Å². The van der Waals surface area contributed by atoms with E-state index in [-0.39, 0.29) is 18.4 Å². The molecule has 28 heavy (non-hydrogen) atoms. The highest BCUT2D eigenvalue weighted by molar-refractivity contribution is 6.30. The summed E-state index contributed by atoms with van der Waals surface area (Å²) in [5, 5.41) is 2.84. The van der Waals surface area contributed by atoms with Gasteiger partial charge in [-0.15, -0.1) is 0 Å². The molecule has 142 valence electrons. The topological polar surface area (TPSA) is 57.7 Å². The standard InChI is InChI=1S/C22H19ClN2O3/c23-17-12-10-16(11-13-17)20(26)24(14-15-6-2-1-3-7-15)25-21(27)18-8-4-5-9-19(18)22(25)28/h1-7,10-13,18-19H,8-9,14H2/t18-,19-/m1/s1. The highest BCUT2D eigenvalue weighted by Crippen LogP contribution is 2.36. The van der Waals surface area contributed by atoms with Gasteiger partial charge in [0.25, 0.3) is 17.7 Å². The Hall–Kier alpha value is -2.92. The van der Waals surface area contributed by atoms with Crippen molar-refractivity contribution in [3.63, 3.8) is 0 Å². The molecule has 2 atom stereocenters. The molecule has 0 aromatic heterocycles. The average molecular weight is 395 g/mol. The first-order chi connectivity index (χ1) is 13.6. The van der Waals surface area contributed by atoms with E-state index in [1.165, 1.54) is 5.01 Å². The monoisotopic (exact) mass is 394 g/mol. The summed E-state index contributed by atoms with van der Waals surface area (Å²) in [6.07, 6.45) is 4.91. The molecule has 0 N–H and O–H groups in total. The van der Waals surface area contributed by atoms with Crippen LogP contribution < -0.4 is 0 Å². The lowest BCUT2D eigenvalue weighted by atomic mass is 9.85. The van der Waals surface area contributed by atoms with E-state index < -0.39 is 17.7 Å². The number of allylic oxidation sites excluding steroid dienone is 2. The van der Waals surface area contributed by atoms with Crippen molar-refractivity contribution in [2.24, 2.45) is 11.8 Å². The van der Waals surface area contributed by atoms with Crippen LogP contribution in [0.4, 0.5) is 0 Å². The fraction of sp³-hybridized carbons (Fsp3) is 0.227. The van der Waals surface area contributed by atoms with Crippen LogP contribution in [-0.2, 0) is 16.1 Å². The van der Waals surface area contributed by atoms with Crippen LogP contribution in [0, 0.1) is 11.8 Å². The van der Waals surface area contributed by atoms with E-state index in [4.69, 9.17) is 11.6 Å². The Kier molecular flexibility index (Phi) is 5.01. The quantitative estimate of drug-likeness (QED) is 0.584. The van der Waals surface area contributed by atoms with Crippen LogP contribution in [0.15, 0.2) is 66.7 Å². The third kappa shape index (κ3) is 3.34. The lowest BCUT2D eigenvalue weighted by Gasteiger charge is -2.30. The molecule has 0 bridgehead atoms. The molecule has 1 saturated heterocycles. The molecule has 2 aromatic carbocycles. The zero-order chi connectivity index (χ0) is 19.7. The molecule has 0 saturated carbocycles. The fourth-order valence-electron chi connectivity index (χ4n) is 3.75. The van der Waals surface area contributed by atoms with Crippen LogP contribution in [-0.4, -0.2) is 27.7 Å². The first-order valence-electron chi connectivity index (χ1n) is 9.20. The third-order valence-corrected chi connectivity index (χ3v) is 5.48. The predicted molar refractivity (Wildman–Crippen MR) is 105 cm³/mol. The van der Waals surface area contributed by atoms with E-state index in [0.29, 0.717) is 23.4 Å². The normalized spacial score (nSPS) is 21.0. The van der Waals surface area contributed by atoms with E-state index >= 15 is 0 Å². The number of imide groups is 1. The summed E-state index contributed by atoms with van der Waals surface area (Å²) in [5.41, 5.74) is 1.20. The van der Waals surface area contributed by atoms with E-state index in [9.17, 15) is 14.4 Å². The van der Waals surface area contributed by atoms with Crippen LogP contribution in [0.25, 0.3) is 0 Å². The molecule has 1 heterocycles. The minimum Gasteiger partial charge on any atom is -0.272 e.